The van der Waals surface area contributed by atoms with E-state index in [9.17, 15) is 4.79 Å². The number of aromatic nitrogens is 1. The van der Waals surface area contributed by atoms with E-state index in [1.165, 1.54) is 5.56 Å². The third kappa shape index (κ3) is 3.42. The molecule has 120 valence electrons. The molecule has 0 aliphatic carbocycles. The second-order valence-electron chi connectivity index (χ2n) is 6.18. The fourth-order valence-corrected chi connectivity index (χ4v) is 3.18. The molecule has 0 spiro atoms. The van der Waals surface area contributed by atoms with Crippen molar-refractivity contribution in [3.05, 3.63) is 53.9 Å². The van der Waals surface area contributed by atoms with Gasteiger partial charge in [0.05, 0.1) is 5.56 Å². The van der Waals surface area contributed by atoms with E-state index in [1.54, 1.807) is 6.20 Å². The molecule has 1 aliphatic rings. The van der Waals surface area contributed by atoms with E-state index in [4.69, 9.17) is 0 Å². The molecule has 2 heterocycles. The molecule has 1 atom stereocenters. The number of amides is 1. The Hall–Kier alpha value is -2.20. The zero-order valence-electron chi connectivity index (χ0n) is 13.7. The van der Waals surface area contributed by atoms with Crippen LogP contribution in [0.25, 0.3) is 11.1 Å². The number of aryl methyl sites for hydroxylation is 1. The van der Waals surface area contributed by atoms with Crippen molar-refractivity contribution < 1.29 is 4.79 Å². The van der Waals surface area contributed by atoms with Gasteiger partial charge in [-0.1, -0.05) is 29.8 Å². The molecule has 0 radical (unpaired) electrons. The Labute approximate surface area is 137 Å². The van der Waals surface area contributed by atoms with E-state index >= 15 is 0 Å². The van der Waals surface area contributed by atoms with Gasteiger partial charge in [0.25, 0.3) is 5.91 Å². The van der Waals surface area contributed by atoms with Crippen LogP contribution in [0.1, 0.15) is 28.8 Å². The first kappa shape index (κ1) is 15.7. The predicted molar refractivity (Wildman–Crippen MR) is 92.4 cm³/mol. The molecule has 1 amide bonds. The van der Waals surface area contributed by atoms with Gasteiger partial charge in [0, 0.05) is 37.1 Å². The number of carbonyl (C=O) groups is 1. The second kappa shape index (κ2) is 6.92. The summed E-state index contributed by atoms with van der Waals surface area (Å²) in [5, 5.41) is 3.18. The first-order valence-corrected chi connectivity index (χ1v) is 8.16. The average molecular weight is 309 g/mol. The summed E-state index contributed by atoms with van der Waals surface area (Å²) < 4.78 is 0. The maximum atomic E-state index is 12.8. The van der Waals surface area contributed by atoms with Crippen molar-refractivity contribution in [3.8, 4) is 11.1 Å². The summed E-state index contributed by atoms with van der Waals surface area (Å²) in [5.74, 6) is 0.0872. The lowest BCUT2D eigenvalue weighted by molar-refractivity contribution is 0.0736. The molecule has 23 heavy (non-hydrogen) atoms. The Kier molecular flexibility index (Phi) is 4.72. The fourth-order valence-electron chi connectivity index (χ4n) is 3.18. The number of rotatable bonds is 4. The van der Waals surface area contributed by atoms with Gasteiger partial charge < -0.3 is 10.2 Å². The number of likely N-dealkylation sites (tertiary alicyclic amines) is 1. The lowest BCUT2D eigenvalue weighted by atomic mass is 10.0. The Morgan fingerprint density at radius 1 is 1.26 bits per heavy atom. The van der Waals surface area contributed by atoms with Crippen LogP contribution in [-0.4, -0.2) is 42.0 Å². The number of hydrogen-bond acceptors (Lipinski definition) is 3. The first-order valence-electron chi connectivity index (χ1n) is 8.16. The zero-order chi connectivity index (χ0) is 16.2. The number of carbonyl (C=O) groups excluding carboxylic acids is 1. The minimum Gasteiger partial charge on any atom is -0.334 e. The van der Waals surface area contributed by atoms with E-state index in [0.29, 0.717) is 5.56 Å². The third-order valence-corrected chi connectivity index (χ3v) is 4.45. The molecule has 0 saturated carbocycles. The molecule has 1 aromatic heterocycles. The Morgan fingerprint density at radius 3 is 2.78 bits per heavy atom. The van der Waals surface area contributed by atoms with Crippen molar-refractivity contribution in [2.75, 3.05) is 20.1 Å². The van der Waals surface area contributed by atoms with Crippen LogP contribution in [0.5, 0.6) is 0 Å². The van der Waals surface area contributed by atoms with Gasteiger partial charge in [0.1, 0.15) is 0 Å². The molecule has 2 aromatic rings. The van der Waals surface area contributed by atoms with Crippen LogP contribution in [0.4, 0.5) is 0 Å². The fraction of sp³-hybridized carbons (Fsp3) is 0.368. The molecule has 1 saturated heterocycles. The van der Waals surface area contributed by atoms with Gasteiger partial charge in [0.15, 0.2) is 0 Å². The highest BCUT2D eigenvalue weighted by Gasteiger charge is 2.29. The molecule has 1 unspecified atom stereocenters. The summed E-state index contributed by atoms with van der Waals surface area (Å²) >= 11 is 0. The quantitative estimate of drug-likeness (QED) is 0.944. The topological polar surface area (TPSA) is 45.2 Å². The zero-order valence-corrected chi connectivity index (χ0v) is 13.7. The normalized spacial score (nSPS) is 17.5. The summed E-state index contributed by atoms with van der Waals surface area (Å²) in [6.07, 6.45) is 5.63. The van der Waals surface area contributed by atoms with Crippen LogP contribution in [0.3, 0.4) is 0 Å². The summed E-state index contributed by atoms with van der Waals surface area (Å²) in [6, 6.07) is 10.5. The summed E-state index contributed by atoms with van der Waals surface area (Å²) in [7, 11) is 1.93. The van der Waals surface area contributed by atoms with Gasteiger partial charge in [-0.3, -0.25) is 9.78 Å². The van der Waals surface area contributed by atoms with Crippen molar-refractivity contribution in [1.29, 1.82) is 0 Å². The van der Waals surface area contributed by atoms with Gasteiger partial charge >= 0.3 is 0 Å². The van der Waals surface area contributed by atoms with Crippen molar-refractivity contribution in [3.63, 3.8) is 0 Å². The van der Waals surface area contributed by atoms with Gasteiger partial charge in [0.2, 0.25) is 0 Å². The van der Waals surface area contributed by atoms with E-state index in [1.807, 2.05) is 24.2 Å². The summed E-state index contributed by atoms with van der Waals surface area (Å²) in [5.41, 5.74) is 3.97. The molecule has 1 aliphatic heterocycles. The highest BCUT2D eigenvalue weighted by Crippen LogP contribution is 2.23. The van der Waals surface area contributed by atoms with Crippen LogP contribution < -0.4 is 5.32 Å². The smallest absolute Gasteiger partial charge is 0.255 e. The lowest BCUT2D eigenvalue weighted by Crippen LogP contribution is -2.40. The number of benzene rings is 1. The monoisotopic (exact) mass is 309 g/mol. The molecule has 3 rings (SSSR count). The van der Waals surface area contributed by atoms with Crippen LogP contribution in [0.15, 0.2) is 42.7 Å². The molecule has 1 N–H and O–H groups in total. The van der Waals surface area contributed by atoms with Gasteiger partial charge in [-0.2, -0.15) is 0 Å². The maximum absolute atomic E-state index is 12.8. The van der Waals surface area contributed by atoms with E-state index in [2.05, 4.69) is 41.5 Å². The minimum absolute atomic E-state index is 0.0872. The summed E-state index contributed by atoms with van der Waals surface area (Å²) in [4.78, 5) is 19.1. The molecular weight excluding hydrogens is 286 g/mol. The molecular formula is C19H23N3O. The van der Waals surface area contributed by atoms with E-state index in [-0.39, 0.29) is 11.9 Å². The highest BCUT2D eigenvalue weighted by atomic mass is 16.2. The van der Waals surface area contributed by atoms with Crippen molar-refractivity contribution in [2.24, 2.45) is 0 Å². The highest BCUT2D eigenvalue weighted by molar-refractivity contribution is 5.95. The van der Waals surface area contributed by atoms with E-state index in [0.717, 1.165) is 37.1 Å². The predicted octanol–water partition coefficient (Wildman–Crippen LogP) is 2.88. The molecule has 0 bridgehead atoms. The standard InChI is InChI=1S/C19H23N3O/c1-14-5-7-15(8-6-14)16-10-17(12-21-11-16)19(23)22-9-3-4-18(22)13-20-2/h5-8,10-12,18,20H,3-4,9,13H2,1-2H3. The minimum atomic E-state index is 0.0872. The van der Waals surface area contributed by atoms with E-state index < -0.39 is 0 Å². The number of nitrogens with zero attached hydrogens (tertiary/aromatic N) is 2. The molecule has 4 nitrogen and oxygen atoms in total. The number of nitrogens with one attached hydrogen (secondary N) is 1. The SMILES string of the molecule is CNCC1CCCN1C(=O)c1cncc(-c2ccc(C)cc2)c1. The lowest BCUT2D eigenvalue weighted by Gasteiger charge is -2.24. The Bertz CT molecular complexity index is 681. The Morgan fingerprint density at radius 2 is 2.04 bits per heavy atom. The van der Waals surface area contributed by atoms with Gasteiger partial charge in [-0.15, -0.1) is 0 Å². The molecule has 1 aromatic carbocycles. The van der Waals surface area contributed by atoms with Crippen LogP contribution in [0, 0.1) is 6.92 Å². The largest absolute Gasteiger partial charge is 0.334 e. The number of likely N-dealkylation sites (N-methyl/N-ethyl adjacent to an activating group) is 1. The molecule has 1 fully saturated rings. The first-order chi connectivity index (χ1) is 11.2. The van der Waals surface area contributed by atoms with Crippen molar-refractivity contribution in [1.82, 2.24) is 15.2 Å². The average Bonchev–Trinajstić information content (AvgIpc) is 3.03. The van der Waals surface area contributed by atoms with Crippen molar-refractivity contribution >= 4 is 5.91 Å². The second-order valence-corrected chi connectivity index (χ2v) is 6.18. The summed E-state index contributed by atoms with van der Waals surface area (Å²) in [6.45, 7) is 3.74. The maximum Gasteiger partial charge on any atom is 0.255 e. The van der Waals surface area contributed by atoms with Crippen molar-refractivity contribution in [2.45, 2.75) is 25.8 Å². The third-order valence-electron chi connectivity index (χ3n) is 4.45. The number of pyridine rings is 1. The molecule has 4 heteroatoms. The number of hydrogen-bond donors (Lipinski definition) is 1. The van der Waals surface area contributed by atoms with Crippen LogP contribution >= 0.6 is 0 Å². The Balaban J connectivity index is 1.84. The van der Waals surface area contributed by atoms with Gasteiger partial charge in [-0.05, 0) is 38.4 Å². The van der Waals surface area contributed by atoms with Gasteiger partial charge in [-0.25, -0.2) is 0 Å². The van der Waals surface area contributed by atoms with Crippen LogP contribution in [0.2, 0.25) is 0 Å². The van der Waals surface area contributed by atoms with Crippen LogP contribution in [-0.2, 0) is 0 Å².